The second-order valence-corrected chi connectivity index (χ2v) is 8.82. The Balaban J connectivity index is 2.22. The molecule has 1 N–H and O–H groups in total. The Bertz CT molecular complexity index is 757. The number of nitrogens with one attached hydrogen (secondary N) is 1. The molecule has 0 aromatic carbocycles. The van der Waals surface area contributed by atoms with Crippen molar-refractivity contribution in [3.8, 4) is 0 Å². The maximum atomic E-state index is 12.8. The van der Waals surface area contributed by atoms with Crippen LogP contribution in [0.2, 0.25) is 0 Å². The average molecular weight is 389 g/mol. The number of thiophene rings is 1. The molecular weight excluding hydrogens is 364 g/mol. The summed E-state index contributed by atoms with van der Waals surface area (Å²) in [6.45, 7) is 5.74. The standard InChI is InChI=1S/C16H24N2O5S2/c1-10-9-24-13(16(20)23-4)14(10)25(21,22)17-12(3)15(19)18-8-6-5-7-11(18)2/h9,11-12,17H,5-8H2,1-4H3/t11-,12+/m1/s1. The minimum absolute atomic E-state index is 0.0125. The number of methoxy groups -OCH3 is 1. The first kappa shape index (κ1) is 19.9. The Morgan fingerprint density at radius 3 is 2.68 bits per heavy atom. The minimum atomic E-state index is -4.02. The first-order valence-electron chi connectivity index (χ1n) is 8.18. The molecule has 7 nitrogen and oxygen atoms in total. The molecule has 140 valence electrons. The second-order valence-electron chi connectivity index (χ2n) is 6.29. The van der Waals surface area contributed by atoms with Crippen LogP contribution in [0.25, 0.3) is 0 Å². The third-order valence-electron chi connectivity index (χ3n) is 4.35. The number of likely N-dealkylation sites (tertiary alicyclic amines) is 1. The first-order chi connectivity index (χ1) is 11.7. The van der Waals surface area contributed by atoms with Crippen LogP contribution in [-0.2, 0) is 19.6 Å². The van der Waals surface area contributed by atoms with E-state index in [1.54, 1.807) is 17.2 Å². The van der Waals surface area contributed by atoms with E-state index in [2.05, 4.69) is 9.46 Å². The second kappa shape index (κ2) is 7.84. The first-order valence-corrected chi connectivity index (χ1v) is 10.5. The van der Waals surface area contributed by atoms with Crippen molar-refractivity contribution in [3.05, 3.63) is 15.8 Å². The molecule has 1 aliphatic rings. The Morgan fingerprint density at radius 1 is 1.40 bits per heavy atom. The third-order valence-corrected chi connectivity index (χ3v) is 7.28. The van der Waals surface area contributed by atoms with Crippen molar-refractivity contribution in [3.63, 3.8) is 0 Å². The highest BCUT2D eigenvalue weighted by atomic mass is 32.2. The highest BCUT2D eigenvalue weighted by Gasteiger charge is 2.33. The van der Waals surface area contributed by atoms with Crippen molar-refractivity contribution in [1.29, 1.82) is 0 Å². The summed E-state index contributed by atoms with van der Waals surface area (Å²) < 4.78 is 32.6. The summed E-state index contributed by atoms with van der Waals surface area (Å²) in [6.07, 6.45) is 2.91. The van der Waals surface area contributed by atoms with Crippen molar-refractivity contribution in [2.75, 3.05) is 13.7 Å². The Hall–Kier alpha value is -1.45. The fourth-order valence-electron chi connectivity index (χ4n) is 3.02. The van der Waals surface area contributed by atoms with Gasteiger partial charge in [0.15, 0.2) is 0 Å². The minimum Gasteiger partial charge on any atom is -0.465 e. The molecule has 2 atom stereocenters. The van der Waals surface area contributed by atoms with Crippen molar-refractivity contribution >= 4 is 33.2 Å². The molecule has 0 unspecified atom stereocenters. The maximum absolute atomic E-state index is 12.8. The number of piperidine rings is 1. The van der Waals surface area contributed by atoms with Gasteiger partial charge in [0.25, 0.3) is 0 Å². The number of amides is 1. The van der Waals surface area contributed by atoms with Gasteiger partial charge in [-0.05, 0) is 51.0 Å². The van der Waals surface area contributed by atoms with Crippen LogP contribution in [0.15, 0.2) is 10.3 Å². The predicted molar refractivity (Wildman–Crippen MR) is 95.2 cm³/mol. The van der Waals surface area contributed by atoms with E-state index in [4.69, 9.17) is 0 Å². The highest BCUT2D eigenvalue weighted by Crippen LogP contribution is 2.28. The van der Waals surface area contributed by atoms with E-state index in [0.717, 1.165) is 30.6 Å². The smallest absolute Gasteiger partial charge is 0.349 e. The van der Waals surface area contributed by atoms with Crippen LogP contribution in [0.3, 0.4) is 0 Å². The molecule has 0 bridgehead atoms. The van der Waals surface area contributed by atoms with Gasteiger partial charge in [0.1, 0.15) is 9.77 Å². The largest absolute Gasteiger partial charge is 0.465 e. The van der Waals surface area contributed by atoms with E-state index in [0.29, 0.717) is 12.1 Å². The lowest BCUT2D eigenvalue weighted by Gasteiger charge is -2.35. The van der Waals surface area contributed by atoms with E-state index in [1.165, 1.54) is 14.0 Å². The van der Waals surface area contributed by atoms with E-state index >= 15 is 0 Å². The topological polar surface area (TPSA) is 92.8 Å². The fraction of sp³-hybridized carbons (Fsp3) is 0.625. The maximum Gasteiger partial charge on any atom is 0.349 e. The molecule has 9 heteroatoms. The SMILES string of the molecule is COC(=O)c1scc(C)c1S(=O)(=O)N[C@@H](C)C(=O)N1CCCC[C@H]1C. The molecule has 0 radical (unpaired) electrons. The summed E-state index contributed by atoms with van der Waals surface area (Å²) in [7, 11) is -2.82. The van der Waals surface area contributed by atoms with Crippen molar-refractivity contribution in [2.45, 2.75) is 57.0 Å². The normalized spacial score (nSPS) is 19.5. The van der Waals surface area contributed by atoms with Crippen LogP contribution >= 0.6 is 11.3 Å². The average Bonchev–Trinajstić information content (AvgIpc) is 2.96. The number of ether oxygens (including phenoxy) is 1. The molecule has 1 aromatic heterocycles. The number of nitrogens with zero attached hydrogens (tertiary/aromatic N) is 1. The van der Waals surface area contributed by atoms with E-state index < -0.39 is 22.0 Å². The number of carbonyl (C=O) groups is 2. The van der Waals surface area contributed by atoms with Crippen LogP contribution < -0.4 is 4.72 Å². The zero-order valence-corrected chi connectivity index (χ0v) is 16.5. The number of sulfonamides is 1. The number of aryl methyl sites for hydroxylation is 1. The fourth-order valence-corrected chi connectivity index (χ4v) is 5.92. The van der Waals surface area contributed by atoms with Crippen molar-refractivity contribution < 1.29 is 22.7 Å². The van der Waals surface area contributed by atoms with Gasteiger partial charge in [-0.1, -0.05) is 0 Å². The van der Waals surface area contributed by atoms with Crippen LogP contribution in [0.5, 0.6) is 0 Å². The van der Waals surface area contributed by atoms with Gasteiger partial charge in [-0.3, -0.25) is 4.79 Å². The number of rotatable bonds is 5. The lowest BCUT2D eigenvalue weighted by molar-refractivity contribution is -0.135. The number of hydrogen-bond acceptors (Lipinski definition) is 6. The molecule has 1 amide bonds. The molecule has 25 heavy (non-hydrogen) atoms. The van der Waals surface area contributed by atoms with Crippen LogP contribution in [-0.4, -0.2) is 50.9 Å². The Kier molecular flexibility index (Phi) is 6.23. The van der Waals surface area contributed by atoms with Crippen molar-refractivity contribution in [2.24, 2.45) is 0 Å². The van der Waals surface area contributed by atoms with Crippen LogP contribution in [0.4, 0.5) is 0 Å². The Labute approximate surface area is 152 Å². The van der Waals surface area contributed by atoms with Crippen LogP contribution in [0, 0.1) is 6.92 Å². The number of hydrogen-bond donors (Lipinski definition) is 1. The third kappa shape index (κ3) is 4.21. The molecule has 0 spiro atoms. The molecule has 1 fully saturated rings. The summed E-state index contributed by atoms with van der Waals surface area (Å²) in [5, 5.41) is 1.58. The molecule has 2 heterocycles. The molecule has 1 aliphatic heterocycles. The lowest BCUT2D eigenvalue weighted by Crippen LogP contribution is -2.51. The van der Waals surface area contributed by atoms with E-state index in [9.17, 15) is 18.0 Å². The summed E-state index contributed by atoms with van der Waals surface area (Å²) >= 11 is 1.01. The van der Waals surface area contributed by atoms with Gasteiger partial charge in [-0.2, -0.15) is 4.72 Å². The van der Waals surface area contributed by atoms with E-state index in [1.807, 2.05) is 6.92 Å². The Morgan fingerprint density at radius 2 is 2.08 bits per heavy atom. The van der Waals surface area contributed by atoms with Gasteiger partial charge in [-0.25, -0.2) is 13.2 Å². The summed E-state index contributed by atoms with van der Waals surface area (Å²) in [5.41, 5.74) is 0.448. The van der Waals surface area contributed by atoms with Gasteiger partial charge < -0.3 is 9.64 Å². The lowest BCUT2D eigenvalue weighted by atomic mass is 10.0. The van der Waals surface area contributed by atoms with E-state index in [-0.39, 0.29) is 21.7 Å². The quantitative estimate of drug-likeness (QED) is 0.778. The predicted octanol–water partition coefficient (Wildman–Crippen LogP) is 1.91. The molecule has 1 saturated heterocycles. The van der Waals surface area contributed by atoms with Gasteiger partial charge in [0.2, 0.25) is 15.9 Å². The molecule has 0 aliphatic carbocycles. The molecule has 2 rings (SSSR count). The zero-order valence-electron chi connectivity index (χ0n) is 14.9. The monoisotopic (exact) mass is 388 g/mol. The van der Waals surface area contributed by atoms with Crippen molar-refractivity contribution in [1.82, 2.24) is 9.62 Å². The van der Waals surface area contributed by atoms with Gasteiger partial charge in [0.05, 0.1) is 13.2 Å². The van der Waals surface area contributed by atoms with Gasteiger partial charge in [0, 0.05) is 12.6 Å². The highest BCUT2D eigenvalue weighted by molar-refractivity contribution is 7.89. The van der Waals surface area contributed by atoms with Gasteiger partial charge in [-0.15, -0.1) is 11.3 Å². The summed E-state index contributed by atoms with van der Waals surface area (Å²) in [5.74, 6) is -0.953. The zero-order chi connectivity index (χ0) is 18.8. The number of esters is 1. The van der Waals surface area contributed by atoms with Gasteiger partial charge >= 0.3 is 5.97 Å². The summed E-state index contributed by atoms with van der Waals surface area (Å²) in [4.78, 5) is 26.1. The molecular formula is C16H24N2O5S2. The van der Waals surface area contributed by atoms with Crippen LogP contribution in [0.1, 0.15) is 48.3 Å². The molecule has 1 aromatic rings. The molecule has 0 saturated carbocycles. The number of carbonyl (C=O) groups excluding carboxylic acids is 2. The summed E-state index contributed by atoms with van der Waals surface area (Å²) in [6, 6.07) is -0.808.